The van der Waals surface area contributed by atoms with E-state index < -0.39 is 61.5 Å². The first-order valence-corrected chi connectivity index (χ1v) is 21.8. The van der Waals surface area contributed by atoms with Crippen LogP contribution in [0.2, 0.25) is 0 Å². The molecule has 1 saturated heterocycles. The quantitative estimate of drug-likeness (QED) is 0.0324. The molecule has 10 heteroatoms. The molecule has 0 unspecified atom stereocenters. The van der Waals surface area contributed by atoms with E-state index in [0.717, 1.165) is 44.9 Å². The second kappa shape index (κ2) is 33.5. The Kier molecular flexibility index (Phi) is 31.7. The highest BCUT2D eigenvalue weighted by Crippen LogP contribution is 2.23. The second-order valence-corrected chi connectivity index (χ2v) is 15.6. The maximum absolute atomic E-state index is 13.0. The maximum atomic E-state index is 13.0. The minimum absolute atomic E-state index is 0.250. The van der Waals surface area contributed by atoms with Crippen molar-refractivity contribution in [2.24, 2.45) is 0 Å². The van der Waals surface area contributed by atoms with Crippen LogP contribution in [0.4, 0.5) is 0 Å². The smallest absolute Gasteiger partial charge is 0.249 e. The third kappa shape index (κ3) is 23.8. The molecular formula is C42H83NO9. The number of aliphatic hydroxyl groups is 6. The fraction of sp³-hybridized carbons (Fsp3) is 0.976. The summed E-state index contributed by atoms with van der Waals surface area (Å²) in [7, 11) is 0. The summed E-state index contributed by atoms with van der Waals surface area (Å²) in [5.74, 6) is -0.582. The van der Waals surface area contributed by atoms with Crippen molar-refractivity contribution in [3.05, 3.63) is 0 Å². The summed E-state index contributed by atoms with van der Waals surface area (Å²) in [6, 6.07) is -0.886. The van der Waals surface area contributed by atoms with Gasteiger partial charge in [-0.2, -0.15) is 0 Å². The van der Waals surface area contributed by atoms with Crippen molar-refractivity contribution in [1.29, 1.82) is 0 Å². The van der Waals surface area contributed by atoms with Gasteiger partial charge in [-0.3, -0.25) is 4.79 Å². The number of unbranched alkanes of at least 4 members (excludes halogenated alkanes) is 25. The molecule has 0 aromatic carbocycles. The summed E-state index contributed by atoms with van der Waals surface area (Å²) in [4.78, 5) is 13.0. The summed E-state index contributed by atoms with van der Waals surface area (Å²) < 4.78 is 11.2. The number of hydrogen-bond acceptors (Lipinski definition) is 9. The molecule has 1 amide bonds. The van der Waals surface area contributed by atoms with Crippen LogP contribution < -0.4 is 5.32 Å². The Balaban J connectivity index is 2.42. The van der Waals surface area contributed by atoms with Crippen LogP contribution in [0.5, 0.6) is 0 Å². The largest absolute Gasteiger partial charge is 0.394 e. The zero-order chi connectivity index (χ0) is 38.2. The Hall–Kier alpha value is -0.850. The molecule has 0 aromatic heterocycles. The van der Waals surface area contributed by atoms with E-state index in [1.54, 1.807) is 0 Å². The van der Waals surface area contributed by atoms with E-state index in [1.807, 2.05) is 0 Å². The van der Waals surface area contributed by atoms with Gasteiger partial charge in [-0.05, 0) is 12.8 Å². The summed E-state index contributed by atoms with van der Waals surface area (Å²) in [5, 5.41) is 64.7. The molecule has 7 N–H and O–H groups in total. The molecule has 1 aliphatic heterocycles. The van der Waals surface area contributed by atoms with E-state index in [2.05, 4.69) is 19.2 Å². The summed E-state index contributed by atoms with van der Waals surface area (Å²) in [5.41, 5.74) is 0. The van der Waals surface area contributed by atoms with Crippen molar-refractivity contribution in [1.82, 2.24) is 5.32 Å². The van der Waals surface area contributed by atoms with Crippen LogP contribution in [0.15, 0.2) is 0 Å². The number of carbonyl (C=O) groups excluding carboxylic acids is 1. The third-order valence-electron chi connectivity index (χ3n) is 10.8. The third-order valence-corrected chi connectivity index (χ3v) is 10.8. The van der Waals surface area contributed by atoms with Crippen LogP contribution in [0, 0.1) is 0 Å². The zero-order valence-electron chi connectivity index (χ0n) is 33.4. The summed E-state index contributed by atoms with van der Waals surface area (Å²) in [6.45, 7) is 3.66. The van der Waals surface area contributed by atoms with Gasteiger partial charge in [0.2, 0.25) is 5.91 Å². The van der Waals surface area contributed by atoms with Crippen LogP contribution in [0.1, 0.15) is 200 Å². The fourth-order valence-corrected chi connectivity index (χ4v) is 7.17. The number of rotatable bonds is 36. The average Bonchev–Trinajstić information content (AvgIpc) is 3.14. The molecule has 1 heterocycles. The first-order valence-electron chi connectivity index (χ1n) is 21.8. The van der Waals surface area contributed by atoms with Crippen molar-refractivity contribution in [2.75, 3.05) is 13.2 Å². The lowest BCUT2D eigenvalue weighted by Gasteiger charge is -2.40. The minimum atomic E-state index is -1.59. The van der Waals surface area contributed by atoms with Gasteiger partial charge in [0.25, 0.3) is 0 Å². The van der Waals surface area contributed by atoms with Crippen LogP contribution >= 0.6 is 0 Å². The monoisotopic (exact) mass is 746 g/mol. The van der Waals surface area contributed by atoms with Gasteiger partial charge in [0.05, 0.1) is 25.4 Å². The highest BCUT2D eigenvalue weighted by Gasteiger charge is 2.44. The fourth-order valence-electron chi connectivity index (χ4n) is 7.17. The van der Waals surface area contributed by atoms with E-state index in [-0.39, 0.29) is 6.61 Å². The number of hydrogen-bond donors (Lipinski definition) is 7. The Labute approximate surface area is 317 Å². The van der Waals surface area contributed by atoms with Crippen LogP contribution in [-0.2, 0) is 14.3 Å². The van der Waals surface area contributed by atoms with Crippen molar-refractivity contribution in [3.8, 4) is 0 Å². The van der Waals surface area contributed by atoms with Gasteiger partial charge in [0.15, 0.2) is 6.29 Å². The molecule has 0 saturated carbocycles. The molecule has 1 rings (SSSR count). The lowest BCUT2D eigenvalue weighted by Crippen LogP contribution is -2.60. The number of amides is 1. The minimum Gasteiger partial charge on any atom is -0.394 e. The Morgan fingerprint density at radius 2 is 0.962 bits per heavy atom. The van der Waals surface area contributed by atoms with E-state index >= 15 is 0 Å². The number of carbonyl (C=O) groups is 1. The van der Waals surface area contributed by atoms with Gasteiger partial charge in [0, 0.05) is 0 Å². The number of nitrogens with one attached hydrogen (secondary N) is 1. The normalized spacial score (nSPS) is 22.3. The van der Waals surface area contributed by atoms with Crippen molar-refractivity contribution in [2.45, 2.75) is 249 Å². The van der Waals surface area contributed by atoms with E-state index in [1.165, 1.54) is 128 Å². The zero-order valence-corrected chi connectivity index (χ0v) is 33.4. The number of aliphatic hydroxyl groups excluding tert-OH is 6. The predicted octanol–water partition coefficient (Wildman–Crippen LogP) is 7.36. The van der Waals surface area contributed by atoms with Crippen molar-refractivity contribution in [3.63, 3.8) is 0 Å². The summed E-state index contributed by atoms with van der Waals surface area (Å²) >= 11 is 0. The van der Waals surface area contributed by atoms with Crippen LogP contribution in [-0.4, -0.2) is 98.7 Å². The highest BCUT2D eigenvalue weighted by atomic mass is 16.7. The first-order chi connectivity index (χ1) is 25.3. The number of ether oxygens (including phenoxy) is 2. The van der Waals surface area contributed by atoms with Crippen LogP contribution in [0.3, 0.4) is 0 Å². The SMILES string of the molecule is CCCCCCCCCCCCCCCC[C@@H](O)C(=O)N[C@@H](CO[C@@H]1O[C@H](CO)[C@@H](O)[C@H](O)[C@H]1O)[C@H](O)CCCCCCCCCCCCCCC. The molecule has 10 nitrogen and oxygen atoms in total. The lowest BCUT2D eigenvalue weighted by molar-refractivity contribution is -0.302. The lowest BCUT2D eigenvalue weighted by atomic mass is 9.99. The standard InChI is InChI=1S/C42H83NO9/c1-3-5-7-9-11-13-15-17-19-21-23-25-27-29-31-36(46)41(50)43-34(33-51-42-40(49)39(48)38(47)37(32-44)52-42)35(45)30-28-26-24-22-20-18-16-14-12-10-8-6-4-2/h34-40,42,44-49H,3-33H2,1-2H3,(H,43,50)/t34-,35+,36+,37+,38+,39-,40+,42+/m0/s1. The topological polar surface area (TPSA) is 169 Å². The van der Waals surface area contributed by atoms with Gasteiger partial charge in [-0.15, -0.1) is 0 Å². The van der Waals surface area contributed by atoms with Gasteiger partial charge in [0.1, 0.15) is 30.5 Å². The molecule has 0 spiro atoms. The molecule has 0 bridgehead atoms. The molecule has 1 aliphatic rings. The van der Waals surface area contributed by atoms with E-state index in [9.17, 15) is 35.4 Å². The Bertz CT molecular complexity index is 803. The predicted molar refractivity (Wildman–Crippen MR) is 209 cm³/mol. The average molecular weight is 746 g/mol. The Morgan fingerprint density at radius 1 is 0.577 bits per heavy atom. The molecule has 52 heavy (non-hydrogen) atoms. The summed E-state index contributed by atoms with van der Waals surface area (Å²) in [6.07, 6.45) is 24.3. The molecular weight excluding hydrogens is 662 g/mol. The van der Waals surface area contributed by atoms with Gasteiger partial charge in [-0.1, -0.05) is 187 Å². The Morgan fingerprint density at radius 3 is 1.37 bits per heavy atom. The van der Waals surface area contributed by atoms with Crippen molar-refractivity contribution < 1.29 is 44.9 Å². The van der Waals surface area contributed by atoms with Gasteiger partial charge >= 0.3 is 0 Å². The maximum Gasteiger partial charge on any atom is 0.249 e. The van der Waals surface area contributed by atoms with Gasteiger partial charge < -0.3 is 45.4 Å². The molecule has 310 valence electrons. The molecule has 0 aromatic rings. The van der Waals surface area contributed by atoms with E-state index in [4.69, 9.17) is 9.47 Å². The molecule has 8 atom stereocenters. The highest BCUT2D eigenvalue weighted by molar-refractivity contribution is 5.80. The first kappa shape index (κ1) is 49.2. The van der Waals surface area contributed by atoms with Gasteiger partial charge in [-0.25, -0.2) is 0 Å². The van der Waals surface area contributed by atoms with Crippen molar-refractivity contribution >= 4 is 5.91 Å². The molecule has 0 aliphatic carbocycles. The second-order valence-electron chi connectivity index (χ2n) is 15.6. The molecule has 0 radical (unpaired) electrons. The van der Waals surface area contributed by atoms with Crippen LogP contribution in [0.25, 0.3) is 0 Å². The molecule has 1 fully saturated rings. The van der Waals surface area contributed by atoms with E-state index in [0.29, 0.717) is 12.8 Å².